The van der Waals surface area contributed by atoms with Crippen LogP contribution >= 0.6 is 11.3 Å². The average molecular weight is 325 g/mol. The third-order valence-corrected chi connectivity index (χ3v) is 5.46. The lowest BCUT2D eigenvalue weighted by Gasteiger charge is -2.14. The molecule has 1 saturated carbocycles. The maximum atomic E-state index is 12.2. The van der Waals surface area contributed by atoms with Crippen LogP contribution in [-0.2, 0) is 6.42 Å². The van der Waals surface area contributed by atoms with Crippen molar-refractivity contribution in [1.29, 1.82) is 0 Å². The molecule has 1 aromatic carbocycles. The molecular formula is C17H15N3O2S. The quantitative estimate of drug-likeness (QED) is 0.820. The Bertz CT molecular complexity index is 875. The van der Waals surface area contributed by atoms with E-state index in [0.717, 1.165) is 33.1 Å². The van der Waals surface area contributed by atoms with Crippen molar-refractivity contribution in [3.05, 3.63) is 17.7 Å². The van der Waals surface area contributed by atoms with Crippen molar-refractivity contribution in [3.63, 3.8) is 0 Å². The smallest absolute Gasteiger partial charge is 0.324 e. The first kappa shape index (κ1) is 13.2. The third-order valence-electron chi connectivity index (χ3n) is 4.44. The summed E-state index contributed by atoms with van der Waals surface area (Å²) in [5, 5.41) is 3.61. The number of rotatable bonds is 1. The Hall–Kier alpha value is -2.26. The lowest BCUT2D eigenvalue weighted by Crippen LogP contribution is -2.33. The second kappa shape index (κ2) is 4.87. The highest BCUT2D eigenvalue weighted by Gasteiger charge is 2.34. The summed E-state index contributed by atoms with van der Waals surface area (Å²) < 4.78 is 6.70. The second-order valence-corrected chi connectivity index (χ2v) is 7.13. The molecule has 2 aliphatic heterocycles. The Kier molecular flexibility index (Phi) is 2.79. The number of carbonyl (C=O) groups is 1. The van der Waals surface area contributed by atoms with Gasteiger partial charge in [0.05, 0.1) is 23.4 Å². The van der Waals surface area contributed by atoms with Gasteiger partial charge in [-0.25, -0.2) is 9.78 Å². The number of carbonyl (C=O) groups excluding carboxylic acids is 1. The summed E-state index contributed by atoms with van der Waals surface area (Å²) in [6, 6.07) is 3.81. The number of fused-ring (bicyclic) bond motifs is 3. The molecule has 0 bridgehead atoms. The molecule has 1 N–H and O–H groups in total. The molecule has 1 aromatic heterocycles. The molecule has 2 aromatic rings. The zero-order valence-electron chi connectivity index (χ0n) is 12.5. The molecule has 23 heavy (non-hydrogen) atoms. The van der Waals surface area contributed by atoms with Gasteiger partial charge < -0.3 is 10.1 Å². The van der Waals surface area contributed by atoms with Crippen LogP contribution in [0.25, 0.3) is 10.2 Å². The van der Waals surface area contributed by atoms with Gasteiger partial charge in [-0.3, -0.25) is 4.90 Å². The molecule has 6 heteroatoms. The number of nitrogens with one attached hydrogen (secondary N) is 1. The number of hydrogen-bond acceptors (Lipinski definition) is 4. The molecule has 5 nitrogen and oxygen atoms in total. The minimum absolute atomic E-state index is 0.105. The van der Waals surface area contributed by atoms with Crippen LogP contribution in [0.3, 0.4) is 0 Å². The molecule has 116 valence electrons. The van der Waals surface area contributed by atoms with Gasteiger partial charge in [0.15, 0.2) is 5.13 Å². The van der Waals surface area contributed by atoms with Crippen molar-refractivity contribution in [3.8, 4) is 17.6 Å². The fourth-order valence-corrected chi connectivity index (χ4v) is 4.08. The Morgan fingerprint density at radius 3 is 3.13 bits per heavy atom. The number of urea groups is 1. The van der Waals surface area contributed by atoms with Gasteiger partial charge in [-0.1, -0.05) is 23.2 Å². The minimum atomic E-state index is -0.118. The Morgan fingerprint density at radius 1 is 1.35 bits per heavy atom. The fraction of sp³-hybridized carbons (Fsp3) is 0.412. The monoisotopic (exact) mass is 325 g/mol. The minimum Gasteiger partial charge on any atom is -0.493 e. The van der Waals surface area contributed by atoms with E-state index >= 15 is 0 Å². The van der Waals surface area contributed by atoms with Crippen LogP contribution in [0, 0.1) is 17.8 Å². The lowest BCUT2D eigenvalue weighted by molar-refractivity contribution is 0.252. The molecule has 2 fully saturated rings. The molecule has 1 aliphatic carbocycles. The van der Waals surface area contributed by atoms with Crippen molar-refractivity contribution in [2.45, 2.75) is 25.3 Å². The van der Waals surface area contributed by atoms with E-state index < -0.39 is 0 Å². The predicted molar refractivity (Wildman–Crippen MR) is 89.0 cm³/mol. The molecule has 0 unspecified atom stereocenters. The molecule has 0 radical (unpaired) electrons. The van der Waals surface area contributed by atoms with E-state index in [2.05, 4.69) is 17.2 Å². The number of nitrogens with zero attached hydrogens (tertiary/aromatic N) is 2. The number of amides is 2. The molecular weight excluding hydrogens is 310 g/mol. The Balaban J connectivity index is 1.56. The highest BCUT2D eigenvalue weighted by molar-refractivity contribution is 7.22. The number of ether oxygens (including phenoxy) is 1. The van der Waals surface area contributed by atoms with Crippen molar-refractivity contribution in [2.75, 3.05) is 18.1 Å². The molecule has 3 aliphatic rings. The van der Waals surface area contributed by atoms with Crippen LogP contribution in [-0.4, -0.2) is 30.2 Å². The molecule has 1 atom stereocenters. The lowest BCUT2D eigenvalue weighted by atomic mass is 10.1. The maximum Gasteiger partial charge on any atom is 0.324 e. The van der Waals surface area contributed by atoms with Crippen molar-refractivity contribution in [1.82, 2.24) is 10.3 Å². The van der Waals surface area contributed by atoms with E-state index in [1.165, 1.54) is 12.8 Å². The van der Waals surface area contributed by atoms with Crippen LogP contribution < -0.4 is 15.0 Å². The number of hydrogen-bond donors (Lipinski definition) is 1. The van der Waals surface area contributed by atoms with Gasteiger partial charge in [0.25, 0.3) is 0 Å². The van der Waals surface area contributed by atoms with E-state index in [1.54, 1.807) is 16.2 Å². The first-order valence-corrected chi connectivity index (χ1v) is 8.74. The first-order chi connectivity index (χ1) is 11.3. The topological polar surface area (TPSA) is 54.5 Å². The summed E-state index contributed by atoms with van der Waals surface area (Å²) in [7, 11) is 0. The van der Waals surface area contributed by atoms with Gasteiger partial charge in [-0.05, 0) is 25.0 Å². The number of benzene rings is 1. The van der Waals surface area contributed by atoms with Crippen LogP contribution in [0.5, 0.6) is 5.75 Å². The molecule has 2 amide bonds. The third kappa shape index (κ3) is 2.15. The number of thiazole rings is 1. The first-order valence-electron chi connectivity index (χ1n) is 7.93. The highest BCUT2D eigenvalue weighted by atomic mass is 32.1. The average Bonchev–Trinajstić information content (AvgIpc) is 2.96. The second-order valence-electron chi connectivity index (χ2n) is 6.12. The summed E-state index contributed by atoms with van der Waals surface area (Å²) >= 11 is 1.55. The Labute approximate surface area is 137 Å². The summed E-state index contributed by atoms with van der Waals surface area (Å²) in [5.74, 6) is 7.97. The summed E-state index contributed by atoms with van der Waals surface area (Å²) in [4.78, 5) is 18.7. The summed E-state index contributed by atoms with van der Waals surface area (Å²) in [5.41, 5.74) is 2.12. The van der Waals surface area contributed by atoms with Gasteiger partial charge in [0.2, 0.25) is 0 Å². The highest BCUT2D eigenvalue weighted by Crippen LogP contribution is 2.38. The van der Waals surface area contributed by atoms with Crippen molar-refractivity contribution < 1.29 is 9.53 Å². The van der Waals surface area contributed by atoms with E-state index in [0.29, 0.717) is 19.1 Å². The van der Waals surface area contributed by atoms with Crippen molar-refractivity contribution >= 4 is 32.7 Å². The Morgan fingerprint density at radius 2 is 2.26 bits per heavy atom. The summed E-state index contributed by atoms with van der Waals surface area (Å²) in [6.45, 7) is 1.27. The van der Waals surface area contributed by atoms with Gasteiger partial charge >= 0.3 is 6.03 Å². The largest absolute Gasteiger partial charge is 0.493 e. The maximum absolute atomic E-state index is 12.2. The van der Waals surface area contributed by atoms with E-state index in [-0.39, 0.29) is 12.1 Å². The molecule has 1 saturated heterocycles. The predicted octanol–water partition coefficient (Wildman–Crippen LogP) is 2.54. The fourth-order valence-electron chi connectivity index (χ4n) is 3.04. The van der Waals surface area contributed by atoms with E-state index in [9.17, 15) is 4.79 Å². The van der Waals surface area contributed by atoms with Gasteiger partial charge in [-0.15, -0.1) is 0 Å². The van der Waals surface area contributed by atoms with E-state index in [4.69, 9.17) is 9.72 Å². The van der Waals surface area contributed by atoms with Crippen LogP contribution in [0.1, 0.15) is 18.4 Å². The van der Waals surface area contributed by atoms with Gasteiger partial charge in [0.1, 0.15) is 11.8 Å². The normalized spacial score (nSPS) is 22.5. The zero-order chi connectivity index (χ0) is 15.4. The summed E-state index contributed by atoms with van der Waals surface area (Å²) in [6.07, 6.45) is 3.26. The number of aromatic nitrogens is 1. The van der Waals surface area contributed by atoms with Gasteiger partial charge in [-0.2, -0.15) is 0 Å². The van der Waals surface area contributed by atoms with Crippen LogP contribution in [0.2, 0.25) is 0 Å². The standard InChI is InChI=1S/C17H15N3O2S/c21-16-18-9-11(4-3-10-1-2-10)20(16)17-19-15-12-7-8-22-13(12)5-6-14(15)23-17/h5-6,10-11H,1-2,7-9H2,(H,18,21)/t11-/m1/s1. The van der Waals surface area contributed by atoms with E-state index in [1.807, 2.05) is 12.1 Å². The van der Waals surface area contributed by atoms with Crippen LogP contribution in [0.15, 0.2) is 12.1 Å². The zero-order valence-corrected chi connectivity index (χ0v) is 13.3. The molecule has 3 heterocycles. The van der Waals surface area contributed by atoms with Gasteiger partial charge in [0, 0.05) is 17.9 Å². The van der Waals surface area contributed by atoms with Crippen LogP contribution in [0.4, 0.5) is 9.93 Å². The SMILES string of the molecule is O=C1NC[C@@H](C#CC2CC2)N1c1nc2c3c(ccc2s1)OCC3. The number of anilines is 1. The molecule has 0 spiro atoms. The molecule has 5 rings (SSSR count). The van der Waals surface area contributed by atoms with Crippen molar-refractivity contribution in [2.24, 2.45) is 5.92 Å².